The van der Waals surface area contributed by atoms with Crippen molar-refractivity contribution >= 4 is 0 Å². The van der Waals surface area contributed by atoms with E-state index in [9.17, 15) is 30.7 Å². The molecule has 0 nitrogen and oxygen atoms in total. The zero-order valence-electron chi connectivity index (χ0n) is 24.0. The van der Waals surface area contributed by atoms with Crippen LogP contribution in [0.5, 0.6) is 0 Å². The highest BCUT2D eigenvalue weighted by Gasteiger charge is 2.01. The largest absolute Gasteiger partial charge is 0.207 e. The fourth-order valence-corrected chi connectivity index (χ4v) is 2.90. The van der Waals surface area contributed by atoms with Crippen LogP contribution in [0.1, 0.15) is 27.8 Å². The van der Waals surface area contributed by atoms with Crippen molar-refractivity contribution in [2.45, 2.75) is 34.6 Å². The molecule has 0 unspecified atom stereocenters. The predicted molar refractivity (Wildman–Crippen MR) is 156 cm³/mol. The minimum absolute atomic E-state index is 0.132. The van der Waals surface area contributed by atoms with Crippen LogP contribution in [0.15, 0.2) is 109 Å². The van der Waals surface area contributed by atoms with Gasteiger partial charge < -0.3 is 0 Å². The van der Waals surface area contributed by atoms with Crippen LogP contribution in [0.25, 0.3) is 0 Å². The molecule has 42 heavy (non-hydrogen) atoms. The molecule has 0 spiro atoms. The van der Waals surface area contributed by atoms with Gasteiger partial charge in [-0.2, -0.15) is 0 Å². The molecule has 0 aromatic heterocycles. The van der Waals surface area contributed by atoms with E-state index in [2.05, 4.69) is 0 Å². The predicted octanol–water partition coefficient (Wildman–Crippen LogP) is 10.9. The molecule has 5 aromatic rings. The van der Waals surface area contributed by atoms with Crippen LogP contribution in [0.2, 0.25) is 0 Å². The molecule has 0 aliphatic heterocycles. The fraction of sp³-hybridized carbons (Fsp3) is 0.143. The molecule has 0 fully saturated rings. The van der Waals surface area contributed by atoms with Crippen molar-refractivity contribution in [3.8, 4) is 0 Å². The van der Waals surface area contributed by atoms with E-state index in [1.165, 1.54) is 55.5 Å². The van der Waals surface area contributed by atoms with Crippen LogP contribution in [0, 0.1) is 75.3 Å². The summed E-state index contributed by atoms with van der Waals surface area (Å²) in [5.41, 5.74) is 3.83. The highest BCUT2D eigenvalue weighted by Crippen LogP contribution is 2.09. The first-order chi connectivity index (χ1) is 19.8. The van der Waals surface area contributed by atoms with Crippen molar-refractivity contribution in [3.63, 3.8) is 0 Å². The molecule has 5 aromatic carbocycles. The van der Waals surface area contributed by atoms with Crippen LogP contribution in [0.4, 0.5) is 30.7 Å². The second-order valence-electron chi connectivity index (χ2n) is 9.13. The van der Waals surface area contributed by atoms with Gasteiger partial charge in [-0.1, -0.05) is 66.2 Å². The summed E-state index contributed by atoms with van der Waals surface area (Å²) in [5, 5.41) is 0. The highest BCUT2D eigenvalue weighted by atomic mass is 19.2. The van der Waals surface area contributed by atoms with E-state index in [0.29, 0.717) is 11.1 Å². The van der Waals surface area contributed by atoms with Gasteiger partial charge in [-0.15, -0.1) is 0 Å². The molecule has 0 saturated carbocycles. The van der Waals surface area contributed by atoms with Gasteiger partial charge in [0.2, 0.25) is 0 Å². The van der Waals surface area contributed by atoms with Gasteiger partial charge in [0.25, 0.3) is 0 Å². The van der Waals surface area contributed by atoms with Crippen LogP contribution in [0.3, 0.4) is 0 Å². The molecule has 222 valence electrons. The standard InChI is InChI=1S/2C7H6F2.3C7H7F/c1-5-2-3-6(8)7(9)4-5;1-5-3-2-4-6(8)7(5)9;1-6-2-4-7(8)5-3-6;1-6-3-2-4-7(8)5-6;1-6-4-2-3-5-7(6)8/h2*2-4H,1H3;3*2-5H,1H3. The average Bonchev–Trinajstić information content (AvgIpc) is 2.94. The number of rotatable bonds is 0. The van der Waals surface area contributed by atoms with E-state index in [1.807, 2.05) is 26.0 Å². The summed E-state index contributed by atoms with van der Waals surface area (Å²) in [5.74, 6) is -3.57. The molecule has 0 saturated heterocycles. The third-order valence-electron chi connectivity index (χ3n) is 5.29. The van der Waals surface area contributed by atoms with E-state index in [1.54, 1.807) is 44.2 Å². The molecule has 0 radical (unpaired) electrons. The van der Waals surface area contributed by atoms with Crippen LogP contribution in [-0.4, -0.2) is 0 Å². The van der Waals surface area contributed by atoms with Gasteiger partial charge in [0, 0.05) is 0 Å². The number of halogens is 7. The fourth-order valence-electron chi connectivity index (χ4n) is 2.90. The zero-order valence-corrected chi connectivity index (χ0v) is 24.0. The Bertz CT molecular complexity index is 1420. The Balaban J connectivity index is 0.000000263. The zero-order chi connectivity index (χ0) is 31.7. The van der Waals surface area contributed by atoms with Gasteiger partial charge in [0.15, 0.2) is 23.3 Å². The van der Waals surface area contributed by atoms with E-state index in [-0.39, 0.29) is 17.5 Å². The summed E-state index contributed by atoms with van der Waals surface area (Å²) in [6.07, 6.45) is 0. The summed E-state index contributed by atoms with van der Waals surface area (Å²) in [6, 6.07) is 27.5. The van der Waals surface area contributed by atoms with Crippen molar-refractivity contribution in [2.24, 2.45) is 0 Å². The third-order valence-corrected chi connectivity index (χ3v) is 5.29. The smallest absolute Gasteiger partial charge is 0.161 e. The molecule has 7 heteroatoms. The Morgan fingerprint density at radius 2 is 0.857 bits per heavy atom. The van der Waals surface area contributed by atoms with Gasteiger partial charge in [-0.05, 0) is 105 Å². The van der Waals surface area contributed by atoms with Gasteiger partial charge in [-0.3, -0.25) is 0 Å². The summed E-state index contributed by atoms with van der Waals surface area (Å²) in [4.78, 5) is 0. The molecule has 0 N–H and O–H groups in total. The van der Waals surface area contributed by atoms with Gasteiger partial charge in [0.1, 0.15) is 17.5 Å². The van der Waals surface area contributed by atoms with Crippen molar-refractivity contribution in [3.05, 3.63) is 178 Å². The Morgan fingerprint density at radius 1 is 0.333 bits per heavy atom. The Hall–Kier alpha value is -4.39. The highest BCUT2D eigenvalue weighted by molar-refractivity contribution is 5.18. The minimum atomic E-state index is -0.791. The van der Waals surface area contributed by atoms with Crippen molar-refractivity contribution in [2.75, 3.05) is 0 Å². The lowest BCUT2D eigenvalue weighted by Gasteiger charge is -1.93. The van der Waals surface area contributed by atoms with Crippen molar-refractivity contribution in [1.82, 2.24) is 0 Å². The summed E-state index contributed by atoms with van der Waals surface area (Å²) >= 11 is 0. The number of hydrogen-bond acceptors (Lipinski definition) is 0. The molecule has 5 rings (SSSR count). The second-order valence-corrected chi connectivity index (χ2v) is 9.13. The minimum Gasteiger partial charge on any atom is -0.207 e. The maximum Gasteiger partial charge on any atom is 0.161 e. The lowest BCUT2D eigenvalue weighted by Crippen LogP contribution is -1.85. The second kappa shape index (κ2) is 18.9. The number of aryl methyl sites for hydroxylation is 5. The quantitative estimate of drug-likeness (QED) is 0.158. The Kier molecular flexibility index (Phi) is 16.0. The summed E-state index contributed by atoms with van der Waals surface area (Å²) in [6.45, 7) is 8.78. The molecule has 0 aliphatic rings. The molecule has 0 heterocycles. The van der Waals surface area contributed by atoms with Crippen LogP contribution < -0.4 is 0 Å². The first kappa shape index (κ1) is 35.6. The van der Waals surface area contributed by atoms with Gasteiger partial charge in [0.05, 0.1) is 0 Å². The van der Waals surface area contributed by atoms with Gasteiger partial charge >= 0.3 is 0 Å². The van der Waals surface area contributed by atoms with Gasteiger partial charge in [-0.25, -0.2) is 30.7 Å². The monoisotopic (exact) mass is 586 g/mol. The topological polar surface area (TPSA) is 0 Å². The molecule has 0 aliphatic carbocycles. The van der Waals surface area contributed by atoms with E-state index < -0.39 is 23.3 Å². The van der Waals surface area contributed by atoms with E-state index in [4.69, 9.17) is 0 Å². The lowest BCUT2D eigenvalue weighted by molar-refractivity contribution is 0.503. The molecule has 0 bridgehead atoms. The number of benzene rings is 5. The lowest BCUT2D eigenvalue weighted by atomic mass is 10.2. The molecular weight excluding hydrogens is 553 g/mol. The summed E-state index contributed by atoms with van der Waals surface area (Å²) in [7, 11) is 0. The normalized spacial score (nSPS) is 9.43. The van der Waals surface area contributed by atoms with Crippen LogP contribution in [-0.2, 0) is 0 Å². The van der Waals surface area contributed by atoms with Crippen molar-refractivity contribution in [1.29, 1.82) is 0 Å². The van der Waals surface area contributed by atoms with Crippen molar-refractivity contribution < 1.29 is 30.7 Å². The van der Waals surface area contributed by atoms with Crippen LogP contribution >= 0.6 is 0 Å². The molecule has 0 atom stereocenters. The maximum absolute atomic E-state index is 12.4. The maximum atomic E-state index is 12.4. The molecular formula is C35H33F7. The summed E-state index contributed by atoms with van der Waals surface area (Å²) < 4.78 is 85.5. The Labute approximate surface area is 243 Å². The first-order valence-corrected chi connectivity index (χ1v) is 12.8. The first-order valence-electron chi connectivity index (χ1n) is 12.8. The Morgan fingerprint density at radius 3 is 1.26 bits per heavy atom. The van der Waals surface area contributed by atoms with E-state index in [0.717, 1.165) is 34.9 Å². The average molecular weight is 587 g/mol. The third kappa shape index (κ3) is 14.8. The molecule has 0 amide bonds. The number of hydrogen-bond donors (Lipinski definition) is 0. The van der Waals surface area contributed by atoms with E-state index >= 15 is 0 Å². The SMILES string of the molecule is Cc1ccc(F)c(F)c1.Cc1ccc(F)cc1.Cc1cccc(F)c1.Cc1cccc(F)c1F.Cc1ccccc1F.